The number of nitrogens with one attached hydrogen (secondary N) is 1. The van der Waals surface area contributed by atoms with Crippen LogP contribution in [-0.4, -0.2) is 41.0 Å². The van der Waals surface area contributed by atoms with Gasteiger partial charge >= 0.3 is 0 Å². The number of thiophene rings is 1. The zero-order valence-electron chi connectivity index (χ0n) is 9.47. The van der Waals surface area contributed by atoms with E-state index in [1.54, 1.807) is 17.0 Å². The van der Waals surface area contributed by atoms with Crippen molar-refractivity contribution in [1.82, 2.24) is 4.90 Å². The molecule has 0 aliphatic carbocycles. The molecule has 0 aromatic carbocycles. The molecule has 1 atom stereocenters. The number of hydrogen-bond donors (Lipinski definition) is 2. The predicted octanol–water partition coefficient (Wildman–Crippen LogP) is 0.913. The van der Waals surface area contributed by atoms with E-state index in [4.69, 9.17) is 0 Å². The zero-order chi connectivity index (χ0) is 12.4. The Morgan fingerprint density at radius 2 is 2.29 bits per heavy atom. The van der Waals surface area contributed by atoms with Crippen molar-refractivity contribution in [2.45, 2.75) is 19.4 Å². The van der Waals surface area contributed by atoms with Crippen LogP contribution in [0.25, 0.3) is 0 Å². The van der Waals surface area contributed by atoms with Gasteiger partial charge in [-0.05, 0) is 18.6 Å². The minimum atomic E-state index is -0.409. The van der Waals surface area contributed by atoms with Crippen molar-refractivity contribution in [2.24, 2.45) is 0 Å². The molecule has 0 radical (unpaired) electrons. The molecule has 1 aliphatic heterocycles. The average molecular weight is 254 g/mol. The van der Waals surface area contributed by atoms with Crippen LogP contribution in [0.1, 0.15) is 23.0 Å². The molecule has 1 saturated heterocycles. The summed E-state index contributed by atoms with van der Waals surface area (Å²) < 4.78 is 0. The Labute approximate surface area is 103 Å². The van der Waals surface area contributed by atoms with E-state index in [1.165, 1.54) is 18.3 Å². The number of aliphatic hydroxyl groups is 1. The molecule has 17 heavy (non-hydrogen) atoms. The molecule has 0 unspecified atom stereocenters. The molecular weight excluding hydrogens is 240 g/mol. The van der Waals surface area contributed by atoms with Crippen molar-refractivity contribution in [3.63, 3.8) is 0 Å². The fourth-order valence-corrected chi connectivity index (χ4v) is 2.70. The highest BCUT2D eigenvalue weighted by Crippen LogP contribution is 2.24. The highest BCUT2D eigenvalue weighted by atomic mass is 32.1. The maximum absolute atomic E-state index is 12.0. The van der Waals surface area contributed by atoms with Gasteiger partial charge in [0.25, 0.3) is 5.91 Å². The number of aliphatic hydroxyl groups excluding tert-OH is 1. The SMILES string of the molecule is CC(=O)Nc1ccc(C(=O)N2CC[C@@H](O)C2)s1. The lowest BCUT2D eigenvalue weighted by Crippen LogP contribution is -2.28. The predicted molar refractivity (Wildman–Crippen MR) is 65.2 cm³/mol. The third kappa shape index (κ3) is 2.83. The summed E-state index contributed by atoms with van der Waals surface area (Å²) in [7, 11) is 0. The first-order chi connectivity index (χ1) is 8.06. The Morgan fingerprint density at radius 1 is 1.53 bits per heavy atom. The summed E-state index contributed by atoms with van der Waals surface area (Å²) in [6, 6.07) is 3.41. The number of nitrogens with zero attached hydrogens (tertiary/aromatic N) is 1. The number of likely N-dealkylation sites (tertiary alicyclic amines) is 1. The van der Waals surface area contributed by atoms with Crippen LogP contribution < -0.4 is 5.32 Å². The molecule has 0 bridgehead atoms. The topological polar surface area (TPSA) is 69.6 Å². The van der Waals surface area contributed by atoms with Gasteiger partial charge in [0.1, 0.15) is 0 Å². The van der Waals surface area contributed by atoms with Gasteiger partial charge in [-0.1, -0.05) is 0 Å². The van der Waals surface area contributed by atoms with Crippen molar-refractivity contribution < 1.29 is 14.7 Å². The normalized spacial score (nSPS) is 19.4. The quantitative estimate of drug-likeness (QED) is 0.824. The van der Waals surface area contributed by atoms with E-state index in [0.29, 0.717) is 29.4 Å². The number of hydrogen-bond acceptors (Lipinski definition) is 4. The smallest absolute Gasteiger partial charge is 0.264 e. The van der Waals surface area contributed by atoms with E-state index < -0.39 is 6.10 Å². The van der Waals surface area contributed by atoms with Crippen LogP contribution in [0.2, 0.25) is 0 Å². The minimum Gasteiger partial charge on any atom is -0.391 e. The Bertz CT molecular complexity index is 444. The fraction of sp³-hybridized carbons (Fsp3) is 0.455. The summed E-state index contributed by atoms with van der Waals surface area (Å²) in [5.41, 5.74) is 0. The summed E-state index contributed by atoms with van der Waals surface area (Å²) in [4.78, 5) is 25.1. The molecule has 2 N–H and O–H groups in total. The molecule has 1 aliphatic rings. The van der Waals surface area contributed by atoms with E-state index in [-0.39, 0.29) is 11.8 Å². The molecule has 0 saturated carbocycles. The first-order valence-electron chi connectivity index (χ1n) is 5.41. The lowest BCUT2D eigenvalue weighted by Gasteiger charge is -2.13. The molecule has 1 aromatic heterocycles. The zero-order valence-corrected chi connectivity index (χ0v) is 10.3. The van der Waals surface area contributed by atoms with E-state index in [0.717, 1.165) is 0 Å². The number of anilines is 1. The lowest BCUT2D eigenvalue weighted by atomic mass is 10.3. The van der Waals surface area contributed by atoms with Crippen molar-refractivity contribution in [2.75, 3.05) is 18.4 Å². The van der Waals surface area contributed by atoms with Crippen LogP contribution in [0.4, 0.5) is 5.00 Å². The molecule has 6 heteroatoms. The van der Waals surface area contributed by atoms with E-state index >= 15 is 0 Å². The molecule has 2 heterocycles. The molecule has 2 rings (SSSR count). The van der Waals surface area contributed by atoms with Gasteiger partial charge in [-0.15, -0.1) is 11.3 Å². The molecule has 2 amide bonds. The second-order valence-corrected chi connectivity index (χ2v) is 5.12. The molecule has 92 valence electrons. The highest BCUT2D eigenvalue weighted by Gasteiger charge is 2.26. The largest absolute Gasteiger partial charge is 0.391 e. The van der Waals surface area contributed by atoms with Gasteiger partial charge in [0, 0.05) is 20.0 Å². The van der Waals surface area contributed by atoms with E-state index in [1.807, 2.05) is 0 Å². The van der Waals surface area contributed by atoms with Gasteiger partial charge in [-0.25, -0.2) is 0 Å². The number of carbonyl (C=O) groups is 2. The van der Waals surface area contributed by atoms with Crippen LogP contribution in [-0.2, 0) is 4.79 Å². The number of carbonyl (C=O) groups excluding carboxylic acids is 2. The van der Waals surface area contributed by atoms with Crippen LogP contribution in [0.5, 0.6) is 0 Å². The Hall–Kier alpha value is -1.40. The second-order valence-electron chi connectivity index (χ2n) is 4.04. The first-order valence-corrected chi connectivity index (χ1v) is 6.22. The minimum absolute atomic E-state index is 0.0804. The summed E-state index contributed by atoms with van der Waals surface area (Å²) in [5.74, 6) is -0.231. The summed E-state index contributed by atoms with van der Waals surface area (Å²) >= 11 is 1.25. The Balaban J connectivity index is 2.04. The number of amides is 2. The summed E-state index contributed by atoms with van der Waals surface area (Å²) in [5, 5.41) is 12.7. The standard InChI is InChI=1S/C11H14N2O3S/c1-7(14)12-10-3-2-9(17-10)11(16)13-5-4-8(15)6-13/h2-3,8,15H,4-6H2,1H3,(H,12,14)/t8-/m1/s1. The molecule has 0 spiro atoms. The van der Waals surface area contributed by atoms with Gasteiger partial charge in [0.2, 0.25) is 5.91 Å². The van der Waals surface area contributed by atoms with Gasteiger partial charge in [-0.2, -0.15) is 0 Å². The van der Waals surface area contributed by atoms with Crippen LogP contribution in [0, 0.1) is 0 Å². The van der Waals surface area contributed by atoms with Gasteiger partial charge < -0.3 is 15.3 Å². The monoisotopic (exact) mass is 254 g/mol. The lowest BCUT2D eigenvalue weighted by molar-refractivity contribution is -0.114. The van der Waals surface area contributed by atoms with Crippen molar-refractivity contribution in [3.8, 4) is 0 Å². The van der Waals surface area contributed by atoms with Gasteiger partial charge in [-0.3, -0.25) is 9.59 Å². The van der Waals surface area contributed by atoms with Crippen LogP contribution >= 0.6 is 11.3 Å². The maximum atomic E-state index is 12.0. The van der Waals surface area contributed by atoms with Gasteiger partial charge in [0.15, 0.2) is 0 Å². The van der Waals surface area contributed by atoms with Gasteiger partial charge in [0.05, 0.1) is 16.0 Å². The van der Waals surface area contributed by atoms with E-state index in [9.17, 15) is 14.7 Å². The Morgan fingerprint density at radius 3 is 2.88 bits per heavy atom. The van der Waals surface area contributed by atoms with Crippen LogP contribution in [0.15, 0.2) is 12.1 Å². The number of rotatable bonds is 2. The first kappa shape index (κ1) is 12.1. The summed E-state index contributed by atoms with van der Waals surface area (Å²) in [6.07, 6.45) is 0.226. The molecule has 1 aromatic rings. The third-order valence-electron chi connectivity index (χ3n) is 2.57. The van der Waals surface area contributed by atoms with Crippen molar-refractivity contribution >= 4 is 28.2 Å². The molecule has 1 fully saturated rings. The second kappa shape index (κ2) is 4.85. The van der Waals surface area contributed by atoms with Crippen molar-refractivity contribution in [3.05, 3.63) is 17.0 Å². The summed E-state index contributed by atoms with van der Waals surface area (Å²) in [6.45, 7) is 2.41. The Kier molecular flexibility index (Phi) is 3.44. The number of β-amino-alcohol motifs (C(OH)–C–C–N with tert-alkyl or cyclic N) is 1. The highest BCUT2D eigenvalue weighted by molar-refractivity contribution is 7.18. The van der Waals surface area contributed by atoms with Crippen molar-refractivity contribution in [1.29, 1.82) is 0 Å². The molecular formula is C11H14N2O3S. The van der Waals surface area contributed by atoms with Crippen LogP contribution in [0.3, 0.4) is 0 Å². The van der Waals surface area contributed by atoms with E-state index in [2.05, 4.69) is 5.32 Å². The maximum Gasteiger partial charge on any atom is 0.264 e. The third-order valence-corrected chi connectivity index (χ3v) is 3.56. The fourth-order valence-electron chi connectivity index (χ4n) is 1.78. The molecule has 5 nitrogen and oxygen atoms in total. The average Bonchev–Trinajstić information content (AvgIpc) is 2.85.